The van der Waals surface area contributed by atoms with Gasteiger partial charge in [-0.3, -0.25) is 4.79 Å². The van der Waals surface area contributed by atoms with Gasteiger partial charge in [-0.05, 0) is 34.1 Å². The molecular weight excluding hydrogens is 386 g/mol. The number of methoxy groups -OCH3 is 1. The summed E-state index contributed by atoms with van der Waals surface area (Å²) in [6, 6.07) is 4.67. The van der Waals surface area contributed by atoms with Crippen molar-refractivity contribution in [1.82, 2.24) is 0 Å². The van der Waals surface area contributed by atoms with Crippen molar-refractivity contribution in [2.45, 2.75) is 11.7 Å². The molecule has 1 amide bonds. The van der Waals surface area contributed by atoms with E-state index in [0.717, 1.165) is 0 Å². The van der Waals surface area contributed by atoms with Crippen molar-refractivity contribution < 1.29 is 22.7 Å². The largest absolute Gasteiger partial charge is 0.465 e. The predicted molar refractivity (Wildman–Crippen MR) is 81.0 cm³/mol. The molecule has 6 nitrogen and oxygen atoms in total. The van der Waals surface area contributed by atoms with Gasteiger partial charge in [-0.1, -0.05) is 0 Å². The lowest BCUT2D eigenvalue weighted by molar-refractivity contribution is -0.117. The third-order valence-corrected chi connectivity index (χ3v) is 5.71. The molecule has 0 spiro atoms. The molecule has 1 unspecified atom stereocenters. The molecular formula is C12H11BrClNO5S. The second-order valence-electron chi connectivity index (χ2n) is 4.46. The van der Waals surface area contributed by atoms with Crippen LogP contribution in [0.25, 0.3) is 0 Å². The van der Waals surface area contributed by atoms with E-state index in [-0.39, 0.29) is 24.4 Å². The molecule has 1 saturated heterocycles. The van der Waals surface area contributed by atoms with Crippen LogP contribution in [-0.2, 0) is 18.6 Å². The van der Waals surface area contributed by atoms with Crippen LogP contribution in [-0.4, -0.2) is 39.2 Å². The number of anilines is 1. The third-order valence-electron chi connectivity index (χ3n) is 3.15. The van der Waals surface area contributed by atoms with Crippen molar-refractivity contribution >= 4 is 53.2 Å². The highest BCUT2D eigenvalue weighted by atomic mass is 79.9. The molecule has 114 valence electrons. The van der Waals surface area contributed by atoms with Gasteiger partial charge in [0.05, 0.1) is 12.7 Å². The number of rotatable bonds is 3. The number of ether oxygens (including phenoxy) is 1. The summed E-state index contributed by atoms with van der Waals surface area (Å²) >= 11 is 3.22. The molecule has 1 aliphatic heterocycles. The van der Waals surface area contributed by atoms with Crippen LogP contribution < -0.4 is 4.90 Å². The van der Waals surface area contributed by atoms with E-state index in [2.05, 4.69) is 20.7 Å². The number of nitrogens with zero attached hydrogens (tertiary/aromatic N) is 1. The Kier molecular flexibility index (Phi) is 4.60. The summed E-state index contributed by atoms with van der Waals surface area (Å²) in [6.07, 6.45) is -0.171. The summed E-state index contributed by atoms with van der Waals surface area (Å²) in [5.41, 5.74) is 0.673. The first kappa shape index (κ1) is 16.3. The quantitative estimate of drug-likeness (QED) is 0.576. The van der Waals surface area contributed by atoms with E-state index in [1.807, 2.05) is 0 Å². The van der Waals surface area contributed by atoms with Gasteiger partial charge in [-0.15, -0.1) is 0 Å². The number of benzene rings is 1. The maximum absolute atomic E-state index is 11.9. The monoisotopic (exact) mass is 395 g/mol. The van der Waals surface area contributed by atoms with Gasteiger partial charge in [0, 0.05) is 33.8 Å². The molecule has 0 N–H and O–H groups in total. The Balaban J connectivity index is 2.35. The fourth-order valence-electron chi connectivity index (χ4n) is 2.06. The summed E-state index contributed by atoms with van der Waals surface area (Å²) < 4.78 is 27.8. The highest BCUT2D eigenvalue weighted by molar-refractivity contribution is 9.10. The molecule has 0 saturated carbocycles. The van der Waals surface area contributed by atoms with Crippen LogP contribution in [0.2, 0.25) is 0 Å². The summed E-state index contributed by atoms with van der Waals surface area (Å²) in [6.45, 7) is -0.0348. The summed E-state index contributed by atoms with van der Waals surface area (Å²) in [5.74, 6) is -0.917. The Morgan fingerprint density at radius 2 is 2.14 bits per heavy atom. The van der Waals surface area contributed by atoms with E-state index >= 15 is 0 Å². The standard InChI is InChI=1S/C12H11BrClNO5S/c1-20-12(17)9-4-7(2-3-10(9)13)15-6-8(5-11(15)16)21(14,18)19/h2-4,8H,5-6H2,1H3. The van der Waals surface area contributed by atoms with Crippen molar-refractivity contribution in [2.24, 2.45) is 0 Å². The maximum atomic E-state index is 11.9. The van der Waals surface area contributed by atoms with E-state index in [1.54, 1.807) is 12.1 Å². The number of halogens is 2. The summed E-state index contributed by atoms with van der Waals surface area (Å²) in [7, 11) is 2.74. The average molecular weight is 397 g/mol. The minimum absolute atomic E-state index is 0.0348. The molecule has 0 radical (unpaired) electrons. The first-order valence-electron chi connectivity index (χ1n) is 5.85. The lowest BCUT2D eigenvalue weighted by atomic mass is 10.2. The van der Waals surface area contributed by atoms with E-state index in [1.165, 1.54) is 18.1 Å². The van der Waals surface area contributed by atoms with E-state index in [0.29, 0.717) is 10.2 Å². The van der Waals surface area contributed by atoms with E-state index < -0.39 is 20.3 Å². The van der Waals surface area contributed by atoms with Crippen LogP contribution in [0.4, 0.5) is 5.69 Å². The third kappa shape index (κ3) is 3.38. The van der Waals surface area contributed by atoms with Gasteiger partial charge < -0.3 is 9.64 Å². The molecule has 1 aromatic rings. The molecule has 0 aliphatic carbocycles. The van der Waals surface area contributed by atoms with E-state index in [9.17, 15) is 18.0 Å². The molecule has 0 aromatic heterocycles. The number of carbonyl (C=O) groups is 2. The van der Waals surface area contributed by atoms with Crippen molar-refractivity contribution in [2.75, 3.05) is 18.6 Å². The summed E-state index contributed by atoms with van der Waals surface area (Å²) in [5, 5.41) is -0.947. The molecule has 1 fully saturated rings. The van der Waals surface area contributed by atoms with Gasteiger partial charge in [0.15, 0.2) is 0 Å². The van der Waals surface area contributed by atoms with Gasteiger partial charge in [-0.25, -0.2) is 13.2 Å². The number of esters is 1. The highest BCUT2D eigenvalue weighted by Gasteiger charge is 2.38. The van der Waals surface area contributed by atoms with Gasteiger partial charge in [0.2, 0.25) is 15.0 Å². The molecule has 0 bridgehead atoms. The summed E-state index contributed by atoms with van der Waals surface area (Å²) in [4.78, 5) is 24.9. The van der Waals surface area contributed by atoms with Crippen LogP contribution in [0.5, 0.6) is 0 Å². The molecule has 9 heteroatoms. The Bertz CT molecular complexity index is 706. The van der Waals surface area contributed by atoms with Crippen LogP contribution >= 0.6 is 26.6 Å². The maximum Gasteiger partial charge on any atom is 0.339 e. The van der Waals surface area contributed by atoms with Crippen LogP contribution in [0.15, 0.2) is 22.7 Å². The predicted octanol–water partition coefficient (Wildman–Crippen LogP) is 1.91. The molecule has 2 rings (SSSR count). The second-order valence-corrected chi connectivity index (χ2v) is 8.22. The zero-order valence-corrected chi connectivity index (χ0v) is 14.0. The van der Waals surface area contributed by atoms with E-state index in [4.69, 9.17) is 10.7 Å². The SMILES string of the molecule is COC(=O)c1cc(N2CC(S(=O)(=O)Cl)CC2=O)ccc1Br. The minimum atomic E-state index is -3.81. The minimum Gasteiger partial charge on any atom is -0.465 e. The fraction of sp³-hybridized carbons (Fsp3) is 0.333. The molecule has 21 heavy (non-hydrogen) atoms. The smallest absolute Gasteiger partial charge is 0.339 e. The molecule has 1 atom stereocenters. The Labute approximate surface area is 134 Å². The van der Waals surface area contributed by atoms with Gasteiger partial charge in [-0.2, -0.15) is 0 Å². The van der Waals surface area contributed by atoms with Crippen molar-refractivity contribution in [3.05, 3.63) is 28.2 Å². The first-order valence-corrected chi connectivity index (χ1v) is 9.02. The Morgan fingerprint density at radius 1 is 1.48 bits per heavy atom. The van der Waals surface area contributed by atoms with Crippen molar-refractivity contribution in [3.8, 4) is 0 Å². The molecule has 1 aromatic carbocycles. The number of carbonyl (C=O) groups excluding carboxylic acids is 2. The number of hydrogen-bond donors (Lipinski definition) is 0. The van der Waals surface area contributed by atoms with Crippen LogP contribution in [0.3, 0.4) is 0 Å². The lowest BCUT2D eigenvalue weighted by Gasteiger charge is -2.17. The van der Waals surface area contributed by atoms with Gasteiger partial charge >= 0.3 is 5.97 Å². The van der Waals surface area contributed by atoms with Crippen molar-refractivity contribution in [1.29, 1.82) is 0 Å². The normalized spacial score (nSPS) is 18.9. The zero-order chi connectivity index (χ0) is 15.8. The van der Waals surface area contributed by atoms with Crippen molar-refractivity contribution in [3.63, 3.8) is 0 Å². The van der Waals surface area contributed by atoms with Crippen LogP contribution in [0, 0.1) is 0 Å². The van der Waals surface area contributed by atoms with Gasteiger partial charge in [0.25, 0.3) is 0 Å². The first-order chi connectivity index (χ1) is 9.74. The Morgan fingerprint density at radius 3 is 2.67 bits per heavy atom. The second kappa shape index (κ2) is 5.94. The topological polar surface area (TPSA) is 80.8 Å². The Hall–Kier alpha value is -1.12. The molecule has 1 aliphatic rings. The van der Waals surface area contributed by atoms with Crippen LogP contribution in [0.1, 0.15) is 16.8 Å². The lowest BCUT2D eigenvalue weighted by Crippen LogP contribution is -2.27. The molecule has 1 heterocycles. The number of hydrogen-bond acceptors (Lipinski definition) is 5. The van der Waals surface area contributed by atoms with Gasteiger partial charge in [0.1, 0.15) is 5.25 Å². The highest BCUT2D eigenvalue weighted by Crippen LogP contribution is 2.30. The number of amides is 1. The average Bonchev–Trinajstić information content (AvgIpc) is 2.80. The zero-order valence-electron chi connectivity index (χ0n) is 10.9. The fourth-order valence-corrected chi connectivity index (χ4v) is 3.50.